The lowest BCUT2D eigenvalue weighted by molar-refractivity contribution is 1.03. The van der Waals surface area contributed by atoms with Gasteiger partial charge in [-0.25, -0.2) is 0 Å². The van der Waals surface area contributed by atoms with Gasteiger partial charge in [-0.05, 0) is 25.0 Å². The summed E-state index contributed by atoms with van der Waals surface area (Å²) in [6.07, 6.45) is 2.74. The number of rotatable bonds is 1. The highest BCUT2D eigenvalue weighted by molar-refractivity contribution is 5.12. The predicted molar refractivity (Wildman–Crippen MR) is 37.2 cm³/mol. The predicted octanol–water partition coefficient (Wildman–Crippen LogP) is 1.75. The summed E-state index contributed by atoms with van der Waals surface area (Å²) >= 11 is 0. The Kier molecular flexibility index (Phi) is 1.83. The van der Waals surface area contributed by atoms with Crippen LogP contribution in [-0.2, 0) is 6.42 Å². The highest BCUT2D eigenvalue weighted by atomic mass is 14.7. The summed E-state index contributed by atoms with van der Waals surface area (Å²) in [5, 5.41) is 0. The lowest BCUT2D eigenvalue weighted by Crippen LogP contribution is -1.85. The first-order valence-corrected chi connectivity index (χ1v) is 3.16. The minimum atomic E-state index is 1.01. The summed E-state index contributed by atoms with van der Waals surface area (Å²) < 4.78 is 0. The first-order chi connectivity index (χ1) is 4.33. The van der Waals surface area contributed by atoms with E-state index >= 15 is 0 Å². The summed E-state index contributed by atoms with van der Waals surface area (Å²) in [5.74, 6) is 0. The maximum absolute atomic E-state index is 4.10. The topological polar surface area (TPSA) is 12.9 Å². The van der Waals surface area contributed by atoms with Crippen LogP contribution in [0.5, 0.6) is 0 Å². The molecular weight excluding hydrogens is 110 g/mol. The largest absolute Gasteiger partial charge is 0.261 e. The van der Waals surface area contributed by atoms with Crippen molar-refractivity contribution >= 4 is 0 Å². The number of aromatic nitrogens is 1. The van der Waals surface area contributed by atoms with Gasteiger partial charge in [-0.15, -0.1) is 0 Å². The van der Waals surface area contributed by atoms with Crippen molar-refractivity contribution in [2.45, 2.75) is 20.3 Å². The van der Waals surface area contributed by atoms with E-state index < -0.39 is 0 Å². The molecular formula is C8H10N. The van der Waals surface area contributed by atoms with Gasteiger partial charge in [0.1, 0.15) is 0 Å². The second kappa shape index (κ2) is 2.62. The van der Waals surface area contributed by atoms with Gasteiger partial charge in [-0.1, -0.05) is 6.92 Å². The van der Waals surface area contributed by atoms with Crippen molar-refractivity contribution in [3.05, 3.63) is 29.6 Å². The molecule has 1 heteroatoms. The van der Waals surface area contributed by atoms with Crippen LogP contribution in [0.1, 0.15) is 18.2 Å². The number of hydrogen-bond acceptors (Lipinski definition) is 1. The lowest BCUT2D eigenvalue weighted by atomic mass is 10.2. The van der Waals surface area contributed by atoms with E-state index in [4.69, 9.17) is 0 Å². The molecule has 0 unspecified atom stereocenters. The highest BCUT2D eigenvalue weighted by Crippen LogP contribution is 1.98. The fourth-order valence-electron chi connectivity index (χ4n) is 0.739. The average Bonchev–Trinajstić information content (AvgIpc) is 1.88. The second-order valence-electron chi connectivity index (χ2n) is 2.07. The Labute approximate surface area is 55.7 Å². The van der Waals surface area contributed by atoms with E-state index in [0.29, 0.717) is 0 Å². The third-order valence-corrected chi connectivity index (χ3v) is 1.27. The Morgan fingerprint density at radius 1 is 1.67 bits per heavy atom. The zero-order valence-corrected chi connectivity index (χ0v) is 5.81. The minimum absolute atomic E-state index is 1.01. The van der Waals surface area contributed by atoms with Gasteiger partial charge in [-0.2, -0.15) is 0 Å². The molecule has 1 nitrogen and oxygen atoms in total. The maximum atomic E-state index is 4.10. The van der Waals surface area contributed by atoms with E-state index in [1.807, 2.05) is 6.92 Å². The normalized spacial score (nSPS) is 9.56. The van der Waals surface area contributed by atoms with Gasteiger partial charge in [0.25, 0.3) is 0 Å². The van der Waals surface area contributed by atoms with Crippen LogP contribution in [0.4, 0.5) is 0 Å². The summed E-state index contributed by atoms with van der Waals surface area (Å²) in [6.45, 7) is 4.13. The van der Waals surface area contributed by atoms with E-state index in [1.54, 1.807) is 6.20 Å². The van der Waals surface area contributed by atoms with Crippen molar-refractivity contribution in [2.24, 2.45) is 0 Å². The van der Waals surface area contributed by atoms with Crippen molar-refractivity contribution in [1.29, 1.82) is 0 Å². The summed E-state index contributed by atoms with van der Waals surface area (Å²) in [4.78, 5) is 4.10. The van der Waals surface area contributed by atoms with Crippen LogP contribution in [0.15, 0.2) is 12.3 Å². The van der Waals surface area contributed by atoms with Crippen molar-refractivity contribution in [3.63, 3.8) is 0 Å². The molecule has 9 heavy (non-hydrogen) atoms. The monoisotopic (exact) mass is 120 g/mol. The van der Waals surface area contributed by atoms with Gasteiger partial charge < -0.3 is 0 Å². The third-order valence-electron chi connectivity index (χ3n) is 1.27. The van der Waals surface area contributed by atoms with Crippen LogP contribution in [0.25, 0.3) is 0 Å². The molecule has 1 rings (SSSR count). The third kappa shape index (κ3) is 1.53. The van der Waals surface area contributed by atoms with E-state index in [1.165, 1.54) is 5.56 Å². The fraction of sp³-hybridized carbons (Fsp3) is 0.375. The molecule has 0 aliphatic carbocycles. The Hall–Kier alpha value is -0.850. The van der Waals surface area contributed by atoms with Gasteiger partial charge in [0.2, 0.25) is 0 Å². The number of pyridine rings is 1. The Morgan fingerprint density at radius 3 is 2.89 bits per heavy atom. The van der Waals surface area contributed by atoms with E-state index in [0.717, 1.165) is 12.1 Å². The Balaban J connectivity index is 2.94. The van der Waals surface area contributed by atoms with E-state index in [9.17, 15) is 0 Å². The molecule has 0 N–H and O–H groups in total. The molecule has 0 aromatic carbocycles. The Morgan fingerprint density at radius 2 is 2.44 bits per heavy atom. The molecule has 0 spiro atoms. The molecule has 1 heterocycles. The van der Waals surface area contributed by atoms with E-state index in [-0.39, 0.29) is 0 Å². The van der Waals surface area contributed by atoms with E-state index in [2.05, 4.69) is 24.0 Å². The maximum Gasteiger partial charge on any atom is 0.0403 e. The molecule has 0 saturated heterocycles. The van der Waals surface area contributed by atoms with Gasteiger partial charge in [0.15, 0.2) is 0 Å². The van der Waals surface area contributed by atoms with Crippen LogP contribution in [0, 0.1) is 13.0 Å². The molecule has 47 valence electrons. The minimum Gasteiger partial charge on any atom is -0.261 e. The number of nitrogens with zero attached hydrogens (tertiary/aromatic N) is 1. The zero-order chi connectivity index (χ0) is 6.69. The van der Waals surface area contributed by atoms with Gasteiger partial charge in [0, 0.05) is 18.0 Å². The van der Waals surface area contributed by atoms with Crippen LogP contribution >= 0.6 is 0 Å². The SMILES string of the molecule is CCc1cc(C)[c]cn1. The zero-order valence-electron chi connectivity index (χ0n) is 5.81. The van der Waals surface area contributed by atoms with Crippen LogP contribution < -0.4 is 0 Å². The average molecular weight is 120 g/mol. The van der Waals surface area contributed by atoms with Gasteiger partial charge in [-0.3, -0.25) is 4.98 Å². The van der Waals surface area contributed by atoms with Gasteiger partial charge in [0.05, 0.1) is 0 Å². The van der Waals surface area contributed by atoms with Crippen molar-refractivity contribution in [2.75, 3.05) is 0 Å². The standard InChI is InChI=1S/C8H10N/c1-3-8-6-7(2)4-5-9-8/h5-6H,3H2,1-2H3. The molecule has 1 radical (unpaired) electrons. The van der Waals surface area contributed by atoms with Crippen LogP contribution in [0.2, 0.25) is 0 Å². The fourth-order valence-corrected chi connectivity index (χ4v) is 0.739. The molecule has 1 aromatic heterocycles. The molecule has 0 saturated carbocycles. The summed E-state index contributed by atoms with van der Waals surface area (Å²) in [5.41, 5.74) is 2.31. The van der Waals surface area contributed by atoms with Crippen molar-refractivity contribution in [1.82, 2.24) is 4.98 Å². The number of aryl methyl sites for hydroxylation is 2. The number of hydrogen-bond donors (Lipinski definition) is 0. The quantitative estimate of drug-likeness (QED) is 0.550. The summed E-state index contributed by atoms with van der Waals surface area (Å²) in [7, 11) is 0. The highest BCUT2D eigenvalue weighted by Gasteiger charge is 1.87. The molecule has 0 aliphatic heterocycles. The van der Waals surface area contributed by atoms with Crippen LogP contribution in [0.3, 0.4) is 0 Å². The van der Waals surface area contributed by atoms with Crippen molar-refractivity contribution in [3.8, 4) is 0 Å². The molecule has 0 atom stereocenters. The summed E-state index contributed by atoms with van der Waals surface area (Å²) in [6, 6.07) is 5.05. The van der Waals surface area contributed by atoms with Crippen molar-refractivity contribution < 1.29 is 0 Å². The second-order valence-corrected chi connectivity index (χ2v) is 2.07. The first-order valence-electron chi connectivity index (χ1n) is 3.16. The lowest BCUT2D eigenvalue weighted by Gasteiger charge is -1.93. The molecule has 0 aliphatic rings. The van der Waals surface area contributed by atoms with Gasteiger partial charge >= 0.3 is 0 Å². The smallest absolute Gasteiger partial charge is 0.0403 e. The first kappa shape index (κ1) is 6.27. The Bertz CT molecular complexity index is 194. The molecule has 0 amide bonds. The molecule has 1 aromatic rings. The molecule has 0 fully saturated rings. The van der Waals surface area contributed by atoms with Crippen LogP contribution in [-0.4, -0.2) is 4.98 Å². The molecule has 0 bridgehead atoms.